The Labute approximate surface area is 190 Å². The van der Waals surface area contributed by atoms with Gasteiger partial charge in [0, 0.05) is 11.8 Å². The van der Waals surface area contributed by atoms with Gasteiger partial charge in [-0.1, -0.05) is 109 Å². The molecule has 0 aliphatic heterocycles. The zero-order valence-electron chi connectivity index (χ0n) is 17.9. The Morgan fingerprint density at radius 2 is 1.12 bits per heavy atom. The largest absolute Gasteiger partial charge is 0.278 e. The van der Waals surface area contributed by atoms with Gasteiger partial charge >= 0.3 is 0 Å². The van der Waals surface area contributed by atoms with Crippen molar-refractivity contribution in [3.63, 3.8) is 0 Å². The van der Waals surface area contributed by atoms with E-state index in [1.807, 2.05) is 30.3 Å². The van der Waals surface area contributed by atoms with Crippen LogP contribution in [0.4, 0.5) is 5.69 Å². The van der Waals surface area contributed by atoms with Crippen molar-refractivity contribution in [2.45, 2.75) is 18.3 Å². The van der Waals surface area contributed by atoms with Crippen LogP contribution in [0.25, 0.3) is 5.57 Å². The van der Waals surface area contributed by atoms with Crippen LogP contribution in [0.1, 0.15) is 34.9 Å². The SMILES string of the molecule is C1=C(c2ccccc2)[C@H](c2ccccc2)[C@@H](c2ccccc2)C/C1=N/Nc1ccccc1. The van der Waals surface area contributed by atoms with E-state index < -0.39 is 0 Å². The first kappa shape index (κ1) is 20.0. The summed E-state index contributed by atoms with van der Waals surface area (Å²) in [6.07, 6.45) is 3.15. The number of benzene rings is 4. The molecule has 32 heavy (non-hydrogen) atoms. The first-order valence-electron chi connectivity index (χ1n) is 11.1. The van der Waals surface area contributed by atoms with Gasteiger partial charge in [-0.05, 0) is 46.9 Å². The second-order valence-corrected chi connectivity index (χ2v) is 8.16. The highest BCUT2D eigenvalue weighted by molar-refractivity contribution is 6.05. The third-order valence-electron chi connectivity index (χ3n) is 6.08. The van der Waals surface area contributed by atoms with Crippen LogP contribution >= 0.6 is 0 Å². The Hall–Kier alpha value is -3.91. The van der Waals surface area contributed by atoms with Gasteiger partial charge in [0.05, 0.1) is 11.4 Å². The van der Waals surface area contributed by atoms with Crippen molar-refractivity contribution in [1.82, 2.24) is 0 Å². The first-order chi connectivity index (χ1) is 15.9. The molecule has 0 fully saturated rings. The number of para-hydroxylation sites is 1. The predicted octanol–water partition coefficient (Wildman–Crippen LogP) is 7.51. The molecule has 0 spiro atoms. The summed E-state index contributed by atoms with van der Waals surface area (Å²) in [5, 5.41) is 4.82. The highest BCUT2D eigenvalue weighted by Crippen LogP contribution is 2.47. The maximum Gasteiger partial charge on any atom is 0.0616 e. The second-order valence-electron chi connectivity index (χ2n) is 8.16. The lowest BCUT2D eigenvalue weighted by Crippen LogP contribution is -2.22. The number of anilines is 1. The molecule has 0 amide bonds. The molecule has 4 aromatic carbocycles. The molecule has 1 N–H and O–H groups in total. The van der Waals surface area contributed by atoms with Crippen LogP contribution in [-0.2, 0) is 0 Å². The zero-order valence-corrected chi connectivity index (χ0v) is 17.9. The predicted molar refractivity (Wildman–Crippen MR) is 135 cm³/mol. The highest BCUT2D eigenvalue weighted by atomic mass is 15.3. The fourth-order valence-corrected chi connectivity index (χ4v) is 4.59. The van der Waals surface area contributed by atoms with Crippen molar-refractivity contribution in [3.05, 3.63) is 144 Å². The molecule has 0 heterocycles. The quantitative estimate of drug-likeness (QED) is 0.336. The minimum absolute atomic E-state index is 0.261. The maximum atomic E-state index is 4.82. The molecule has 5 rings (SSSR count). The first-order valence-corrected chi connectivity index (χ1v) is 11.1. The summed E-state index contributed by atoms with van der Waals surface area (Å²) in [6.45, 7) is 0. The molecule has 0 aromatic heterocycles. The molecule has 2 heteroatoms. The van der Waals surface area contributed by atoms with Crippen LogP contribution in [0.15, 0.2) is 133 Å². The zero-order chi connectivity index (χ0) is 21.6. The Balaban J connectivity index is 1.63. The van der Waals surface area contributed by atoms with Crippen LogP contribution < -0.4 is 5.43 Å². The highest BCUT2D eigenvalue weighted by Gasteiger charge is 2.33. The normalized spacial score (nSPS) is 19.4. The summed E-state index contributed by atoms with van der Waals surface area (Å²) >= 11 is 0. The monoisotopic (exact) mass is 414 g/mol. The van der Waals surface area contributed by atoms with E-state index >= 15 is 0 Å². The summed E-state index contributed by atoms with van der Waals surface area (Å²) in [5.74, 6) is 0.562. The summed E-state index contributed by atoms with van der Waals surface area (Å²) in [7, 11) is 0. The van der Waals surface area contributed by atoms with Gasteiger partial charge in [-0.2, -0.15) is 5.10 Å². The van der Waals surface area contributed by atoms with E-state index in [1.165, 1.54) is 22.3 Å². The fourth-order valence-electron chi connectivity index (χ4n) is 4.59. The molecule has 2 atom stereocenters. The van der Waals surface area contributed by atoms with Gasteiger partial charge in [-0.15, -0.1) is 0 Å². The number of hydrogen-bond acceptors (Lipinski definition) is 2. The second kappa shape index (κ2) is 9.49. The number of allylic oxidation sites excluding steroid dienone is 2. The summed E-state index contributed by atoms with van der Waals surface area (Å²) in [5.41, 5.74) is 10.6. The van der Waals surface area contributed by atoms with Gasteiger partial charge in [0.25, 0.3) is 0 Å². The summed E-state index contributed by atoms with van der Waals surface area (Å²) < 4.78 is 0. The molecule has 0 saturated carbocycles. The van der Waals surface area contributed by atoms with E-state index in [2.05, 4.69) is 102 Å². The third kappa shape index (κ3) is 4.40. The van der Waals surface area contributed by atoms with E-state index in [9.17, 15) is 0 Å². The van der Waals surface area contributed by atoms with E-state index in [4.69, 9.17) is 5.10 Å². The van der Waals surface area contributed by atoms with Crippen LogP contribution in [0.2, 0.25) is 0 Å². The van der Waals surface area contributed by atoms with E-state index in [0.29, 0.717) is 5.92 Å². The van der Waals surface area contributed by atoms with Crippen molar-refractivity contribution in [2.24, 2.45) is 5.10 Å². The minimum atomic E-state index is 0.261. The lowest BCUT2D eigenvalue weighted by atomic mass is 9.69. The van der Waals surface area contributed by atoms with Crippen molar-refractivity contribution in [2.75, 3.05) is 5.43 Å². The van der Waals surface area contributed by atoms with Gasteiger partial charge in [0.2, 0.25) is 0 Å². The molecular formula is C30H26N2. The van der Waals surface area contributed by atoms with E-state index in [1.54, 1.807) is 0 Å². The van der Waals surface area contributed by atoms with Gasteiger partial charge < -0.3 is 0 Å². The Kier molecular flexibility index (Phi) is 5.93. The van der Waals surface area contributed by atoms with Gasteiger partial charge in [-0.25, -0.2) is 0 Å². The molecular weight excluding hydrogens is 388 g/mol. The third-order valence-corrected chi connectivity index (χ3v) is 6.08. The average molecular weight is 415 g/mol. The summed E-state index contributed by atoms with van der Waals surface area (Å²) in [4.78, 5) is 0. The van der Waals surface area contributed by atoms with Gasteiger partial charge in [-0.3, -0.25) is 5.43 Å². The molecule has 0 saturated heterocycles. The number of nitrogens with one attached hydrogen (secondary N) is 1. The molecule has 0 unspecified atom stereocenters. The fraction of sp³-hybridized carbons (Fsp3) is 0.100. The Morgan fingerprint density at radius 1 is 0.594 bits per heavy atom. The molecule has 0 bridgehead atoms. The molecule has 156 valence electrons. The Bertz CT molecular complexity index is 1200. The summed E-state index contributed by atoms with van der Waals surface area (Å²) in [6, 6.07) is 42.6. The van der Waals surface area contributed by atoms with Crippen LogP contribution in [0, 0.1) is 0 Å². The van der Waals surface area contributed by atoms with Gasteiger partial charge in [0.15, 0.2) is 0 Å². The van der Waals surface area contributed by atoms with Crippen LogP contribution in [0.3, 0.4) is 0 Å². The smallest absolute Gasteiger partial charge is 0.0616 e. The molecule has 2 nitrogen and oxygen atoms in total. The topological polar surface area (TPSA) is 24.4 Å². The van der Waals surface area contributed by atoms with Gasteiger partial charge in [0.1, 0.15) is 0 Å². The Morgan fingerprint density at radius 3 is 1.75 bits per heavy atom. The van der Waals surface area contributed by atoms with Crippen molar-refractivity contribution < 1.29 is 0 Å². The average Bonchev–Trinajstić information content (AvgIpc) is 2.89. The maximum absolute atomic E-state index is 4.82. The number of nitrogens with zero attached hydrogens (tertiary/aromatic N) is 1. The van der Waals surface area contributed by atoms with Crippen LogP contribution in [-0.4, -0.2) is 5.71 Å². The van der Waals surface area contributed by atoms with Crippen molar-refractivity contribution in [3.8, 4) is 0 Å². The van der Waals surface area contributed by atoms with Crippen LogP contribution in [0.5, 0.6) is 0 Å². The van der Waals surface area contributed by atoms with Crippen molar-refractivity contribution >= 4 is 17.0 Å². The van der Waals surface area contributed by atoms with Crippen molar-refractivity contribution in [1.29, 1.82) is 0 Å². The molecule has 1 aliphatic carbocycles. The molecule has 4 aromatic rings. The van der Waals surface area contributed by atoms with E-state index in [0.717, 1.165) is 17.8 Å². The lowest BCUT2D eigenvalue weighted by Gasteiger charge is -2.34. The minimum Gasteiger partial charge on any atom is -0.278 e. The lowest BCUT2D eigenvalue weighted by molar-refractivity contribution is 0.645. The number of hydrogen-bond donors (Lipinski definition) is 1. The standard InChI is InChI=1S/C30H26N2/c1-5-13-23(14-6-1)28-21-27(32-31-26-19-11-4-12-20-26)22-29(24-15-7-2-8-16-24)30(28)25-17-9-3-10-18-25/h1-21,29-31H,22H2/b32-27+/t29-,30+/m1/s1. The number of hydrazone groups is 1. The van der Waals surface area contributed by atoms with E-state index in [-0.39, 0.29) is 5.92 Å². The molecule has 0 radical (unpaired) electrons. The number of rotatable bonds is 5. The molecule has 1 aliphatic rings.